The Labute approximate surface area is 396 Å². The van der Waals surface area contributed by atoms with Crippen LogP contribution in [0.1, 0.15) is 0 Å². The maximum atomic E-state index is 6.74. The molecule has 10 aromatic carbocycles. The molecule has 0 fully saturated rings. The molecule has 0 radical (unpaired) electrons. The van der Waals surface area contributed by atoms with Gasteiger partial charge in [0.25, 0.3) is 0 Å². The highest BCUT2D eigenvalue weighted by atomic mass is 16.3. The van der Waals surface area contributed by atoms with Gasteiger partial charge < -0.3 is 13.4 Å². The fourth-order valence-corrected chi connectivity index (χ4v) is 10.2. The summed E-state index contributed by atoms with van der Waals surface area (Å²) >= 11 is 0. The van der Waals surface area contributed by atoms with E-state index >= 15 is 0 Å². The van der Waals surface area contributed by atoms with Crippen molar-refractivity contribution in [2.24, 2.45) is 0 Å². The highest BCUT2D eigenvalue weighted by molar-refractivity contribution is 6.17. The number of benzene rings is 10. The van der Waals surface area contributed by atoms with Gasteiger partial charge in [-0.05, 0) is 88.0 Å². The average molecular weight is 883 g/mol. The SMILES string of the molecule is c1ccc(-c2ccc(-c3nc(-c4ccccc4)nc(-c4cccc5oc6ccc(-c7cc(-n8c9ccccc9c9cc(-c%10ccccc%10)ccc98)c8c(c7)oc7ccccc78)cc6c45)n3)cc2)cc1. The number of para-hydroxylation sites is 2. The molecule has 0 amide bonds. The Hall–Kier alpha value is -9.39. The topological polar surface area (TPSA) is 69.9 Å². The number of hydrogen-bond acceptors (Lipinski definition) is 5. The molecule has 14 rings (SSSR count). The Morgan fingerprint density at radius 3 is 1.55 bits per heavy atom. The zero-order valence-corrected chi connectivity index (χ0v) is 37.0. The molecule has 6 nitrogen and oxygen atoms in total. The molecule has 0 bridgehead atoms. The van der Waals surface area contributed by atoms with Crippen LogP contribution in [0.2, 0.25) is 0 Å². The van der Waals surface area contributed by atoms with Crippen LogP contribution in [0.3, 0.4) is 0 Å². The van der Waals surface area contributed by atoms with Crippen LogP contribution in [0.25, 0.3) is 139 Å². The molecule has 0 spiro atoms. The molecule has 4 heterocycles. The lowest BCUT2D eigenvalue weighted by Gasteiger charge is -2.13. The summed E-state index contributed by atoms with van der Waals surface area (Å²) in [6.45, 7) is 0. The second-order valence-electron chi connectivity index (χ2n) is 17.5. The van der Waals surface area contributed by atoms with Crippen molar-refractivity contribution in [2.45, 2.75) is 0 Å². The van der Waals surface area contributed by atoms with E-state index in [1.165, 1.54) is 21.9 Å². The van der Waals surface area contributed by atoms with E-state index in [0.717, 1.165) is 99.5 Å². The summed E-state index contributed by atoms with van der Waals surface area (Å²) < 4.78 is 15.8. The molecular formula is C63H38N4O2. The molecule has 0 saturated heterocycles. The quantitative estimate of drug-likeness (QED) is 0.159. The van der Waals surface area contributed by atoms with E-state index in [9.17, 15) is 0 Å². The highest BCUT2D eigenvalue weighted by Crippen LogP contribution is 2.44. The summed E-state index contributed by atoms with van der Waals surface area (Å²) in [5, 5.41) is 6.42. The molecule has 0 N–H and O–H groups in total. The van der Waals surface area contributed by atoms with Crippen molar-refractivity contribution >= 4 is 65.7 Å². The van der Waals surface area contributed by atoms with Crippen LogP contribution < -0.4 is 0 Å². The Bertz CT molecular complexity index is 4290. The van der Waals surface area contributed by atoms with Crippen LogP contribution >= 0.6 is 0 Å². The first kappa shape index (κ1) is 38.8. The van der Waals surface area contributed by atoms with Gasteiger partial charge in [-0.25, -0.2) is 15.0 Å². The molecule has 69 heavy (non-hydrogen) atoms. The molecule has 0 aliphatic carbocycles. The lowest BCUT2D eigenvalue weighted by Crippen LogP contribution is -2.00. The van der Waals surface area contributed by atoms with Crippen molar-refractivity contribution in [3.63, 3.8) is 0 Å². The summed E-state index contributed by atoms with van der Waals surface area (Å²) in [7, 11) is 0. The summed E-state index contributed by atoms with van der Waals surface area (Å²) in [5.74, 6) is 1.76. The first-order valence-corrected chi connectivity index (χ1v) is 23.2. The fourth-order valence-electron chi connectivity index (χ4n) is 10.2. The summed E-state index contributed by atoms with van der Waals surface area (Å²) in [6.07, 6.45) is 0. The maximum absolute atomic E-state index is 6.74. The van der Waals surface area contributed by atoms with Gasteiger partial charge in [-0.15, -0.1) is 0 Å². The second kappa shape index (κ2) is 15.6. The van der Waals surface area contributed by atoms with Gasteiger partial charge in [-0.1, -0.05) is 176 Å². The monoisotopic (exact) mass is 882 g/mol. The Kier molecular flexibility index (Phi) is 8.79. The lowest BCUT2D eigenvalue weighted by molar-refractivity contribution is 0.669. The Morgan fingerprint density at radius 2 is 0.783 bits per heavy atom. The third-order valence-corrected chi connectivity index (χ3v) is 13.5. The molecule has 322 valence electrons. The molecule has 0 aliphatic rings. The van der Waals surface area contributed by atoms with E-state index < -0.39 is 0 Å². The molecule has 0 atom stereocenters. The van der Waals surface area contributed by atoms with Crippen molar-refractivity contribution in [3.05, 3.63) is 231 Å². The standard InChI is InChI=1S/C63H38N4O2/c1-4-15-39(16-5-1)41-27-29-43(30-28-41)62-64-61(42-19-8-3-9-20-42)65-63(66-62)49-23-14-26-57-59(49)51-36-45(32-34-56(51)68-57)46-37-54(60-48-22-11-13-25-55(48)69-58(60)38-46)67-52-24-12-10-21-47(52)50-35-44(31-33-53(50)67)40-17-6-2-7-18-40/h1-38H. The van der Waals surface area contributed by atoms with Gasteiger partial charge in [0.2, 0.25) is 0 Å². The van der Waals surface area contributed by atoms with Crippen LogP contribution in [-0.4, -0.2) is 19.5 Å². The third kappa shape index (κ3) is 6.45. The number of hydrogen-bond donors (Lipinski definition) is 0. The van der Waals surface area contributed by atoms with Gasteiger partial charge in [0.15, 0.2) is 17.5 Å². The minimum Gasteiger partial charge on any atom is -0.456 e. The maximum Gasteiger partial charge on any atom is 0.164 e. The van der Waals surface area contributed by atoms with Crippen LogP contribution in [0.15, 0.2) is 239 Å². The van der Waals surface area contributed by atoms with E-state index in [-0.39, 0.29) is 0 Å². The van der Waals surface area contributed by atoms with Gasteiger partial charge in [0, 0.05) is 43.6 Å². The van der Waals surface area contributed by atoms with Gasteiger partial charge in [-0.3, -0.25) is 0 Å². The predicted octanol–water partition coefficient (Wildman–Crippen LogP) is 16.8. The Morgan fingerprint density at radius 1 is 0.275 bits per heavy atom. The Balaban J connectivity index is 0.960. The van der Waals surface area contributed by atoms with Crippen molar-refractivity contribution in [1.82, 2.24) is 19.5 Å². The summed E-state index contributed by atoms with van der Waals surface area (Å²) in [4.78, 5) is 15.4. The zero-order valence-electron chi connectivity index (χ0n) is 37.0. The largest absolute Gasteiger partial charge is 0.456 e. The third-order valence-electron chi connectivity index (χ3n) is 13.5. The lowest BCUT2D eigenvalue weighted by atomic mass is 9.98. The molecule has 4 aromatic heterocycles. The molecule has 14 aromatic rings. The van der Waals surface area contributed by atoms with E-state index in [1.807, 2.05) is 54.6 Å². The van der Waals surface area contributed by atoms with Crippen molar-refractivity contribution in [1.29, 1.82) is 0 Å². The second-order valence-corrected chi connectivity index (χ2v) is 17.5. The molecular weight excluding hydrogens is 845 g/mol. The number of nitrogens with zero attached hydrogens (tertiary/aromatic N) is 4. The fraction of sp³-hybridized carbons (Fsp3) is 0. The van der Waals surface area contributed by atoms with Crippen LogP contribution in [0, 0.1) is 0 Å². The van der Waals surface area contributed by atoms with Crippen molar-refractivity contribution in [3.8, 4) is 73.2 Å². The number of furan rings is 2. The van der Waals surface area contributed by atoms with Crippen molar-refractivity contribution in [2.75, 3.05) is 0 Å². The van der Waals surface area contributed by atoms with Crippen LogP contribution in [0.4, 0.5) is 0 Å². The molecule has 0 saturated carbocycles. The average Bonchev–Trinajstić information content (AvgIpc) is 4.10. The first-order valence-electron chi connectivity index (χ1n) is 23.2. The van der Waals surface area contributed by atoms with Gasteiger partial charge in [0.1, 0.15) is 22.3 Å². The normalized spacial score (nSPS) is 11.8. The van der Waals surface area contributed by atoms with E-state index in [2.05, 4.69) is 180 Å². The van der Waals surface area contributed by atoms with Gasteiger partial charge >= 0.3 is 0 Å². The zero-order chi connectivity index (χ0) is 45.4. The van der Waals surface area contributed by atoms with E-state index in [1.54, 1.807) is 0 Å². The number of rotatable bonds is 7. The number of fused-ring (bicyclic) bond motifs is 9. The minimum absolute atomic E-state index is 0.567. The predicted molar refractivity (Wildman–Crippen MR) is 281 cm³/mol. The highest BCUT2D eigenvalue weighted by Gasteiger charge is 2.22. The molecule has 0 aliphatic heterocycles. The number of aromatic nitrogens is 4. The summed E-state index contributed by atoms with van der Waals surface area (Å²) in [6, 6.07) is 80.4. The van der Waals surface area contributed by atoms with E-state index in [0.29, 0.717) is 17.5 Å². The van der Waals surface area contributed by atoms with Crippen LogP contribution in [-0.2, 0) is 0 Å². The van der Waals surface area contributed by atoms with Crippen molar-refractivity contribution < 1.29 is 8.83 Å². The van der Waals surface area contributed by atoms with Gasteiger partial charge in [-0.2, -0.15) is 0 Å². The van der Waals surface area contributed by atoms with E-state index in [4.69, 9.17) is 23.8 Å². The summed E-state index contributed by atoms with van der Waals surface area (Å²) in [5.41, 5.74) is 15.8. The van der Waals surface area contributed by atoms with Crippen LogP contribution in [0.5, 0.6) is 0 Å². The molecule has 0 unspecified atom stereocenters. The first-order chi connectivity index (χ1) is 34.2. The van der Waals surface area contributed by atoms with Gasteiger partial charge in [0.05, 0.1) is 22.1 Å². The minimum atomic E-state index is 0.567. The smallest absolute Gasteiger partial charge is 0.164 e. The molecule has 6 heteroatoms.